The zero-order chi connectivity index (χ0) is 20.4. The first-order valence-corrected chi connectivity index (χ1v) is 8.69. The summed E-state index contributed by atoms with van der Waals surface area (Å²) in [5, 5.41) is 4.09. The maximum Gasteiger partial charge on any atom is 0.309 e. The van der Waals surface area contributed by atoms with E-state index in [2.05, 4.69) is 20.9 Å². The van der Waals surface area contributed by atoms with Crippen LogP contribution in [-0.4, -0.2) is 39.3 Å². The maximum atomic E-state index is 13.1. The highest BCUT2D eigenvalue weighted by atomic mass is 19.1. The van der Waals surface area contributed by atoms with Crippen LogP contribution in [0.4, 0.5) is 4.39 Å². The van der Waals surface area contributed by atoms with Gasteiger partial charge in [-0.1, -0.05) is 12.1 Å². The third-order valence-corrected chi connectivity index (χ3v) is 4.14. The monoisotopic (exact) mass is 397 g/mol. The predicted molar refractivity (Wildman–Crippen MR) is 98.0 cm³/mol. The van der Waals surface area contributed by atoms with Crippen molar-refractivity contribution in [2.75, 3.05) is 6.61 Å². The first-order chi connectivity index (χ1) is 14.0. The minimum atomic E-state index is -0.920. The topological polar surface area (TPSA) is 107 Å². The highest BCUT2D eigenvalue weighted by Crippen LogP contribution is 2.30. The van der Waals surface area contributed by atoms with Crippen LogP contribution in [0.15, 0.2) is 48.5 Å². The van der Waals surface area contributed by atoms with Crippen LogP contribution in [0.1, 0.15) is 16.4 Å². The van der Waals surface area contributed by atoms with Gasteiger partial charge in [-0.3, -0.25) is 20.4 Å². The summed E-state index contributed by atoms with van der Waals surface area (Å²) in [4.78, 5) is 28.6. The van der Waals surface area contributed by atoms with Gasteiger partial charge in [0, 0.05) is 0 Å². The molecule has 2 heterocycles. The van der Waals surface area contributed by atoms with Crippen LogP contribution in [0.25, 0.3) is 5.69 Å². The molecule has 1 aromatic heterocycles. The van der Waals surface area contributed by atoms with Crippen LogP contribution in [0.5, 0.6) is 11.5 Å². The number of fused-ring (bicyclic) bond motifs is 1. The number of hydrazine groups is 1. The van der Waals surface area contributed by atoms with E-state index in [-0.39, 0.29) is 18.2 Å². The molecule has 4 rings (SSSR count). The molecule has 0 bridgehead atoms. The number of rotatable bonds is 3. The van der Waals surface area contributed by atoms with E-state index in [0.717, 1.165) is 0 Å². The van der Waals surface area contributed by atoms with Crippen molar-refractivity contribution in [3.8, 4) is 17.2 Å². The summed E-state index contributed by atoms with van der Waals surface area (Å²) in [5.41, 5.74) is 5.07. The number of ether oxygens (including phenoxy) is 2. The Hall–Kier alpha value is -3.95. The lowest BCUT2D eigenvalue weighted by Gasteiger charge is -2.25. The Kier molecular flexibility index (Phi) is 4.82. The summed E-state index contributed by atoms with van der Waals surface area (Å²) in [6, 6.07) is 12.6. The molecular weight excluding hydrogens is 381 g/mol. The van der Waals surface area contributed by atoms with Crippen molar-refractivity contribution < 1.29 is 23.5 Å². The van der Waals surface area contributed by atoms with Gasteiger partial charge in [-0.2, -0.15) is 0 Å². The highest BCUT2D eigenvalue weighted by molar-refractivity contribution is 5.92. The van der Waals surface area contributed by atoms with Gasteiger partial charge in [-0.25, -0.2) is 14.1 Å². The molecule has 2 N–H and O–H groups in total. The minimum Gasteiger partial charge on any atom is -0.485 e. The van der Waals surface area contributed by atoms with Gasteiger partial charge in [0.25, 0.3) is 5.91 Å². The summed E-state index contributed by atoms with van der Waals surface area (Å²) in [5.74, 6) is -0.412. The molecule has 148 valence electrons. The van der Waals surface area contributed by atoms with Crippen LogP contribution in [0, 0.1) is 12.7 Å². The number of aromatic nitrogens is 3. The summed E-state index contributed by atoms with van der Waals surface area (Å²) >= 11 is 0. The molecule has 0 unspecified atom stereocenters. The second kappa shape index (κ2) is 7.58. The number of para-hydroxylation sites is 2. The van der Waals surface area contributed by atoms with E-state index in [0.29, 0.717) is 23.0 Å². The second-order valence-electron chi connectivity index (χ2n) is 6.18. The molecule has 2 amide bonds. The zero-order valence-electron chi connectivity index (χ0n) is 15.3. The fourth-order valence-electron chi connectivity index (χ4n) is 2.72. The van der Waals surface area contributed by atoms with E-state index in [1.807, 2.05) is 0 Å². The molecule has 1 aliphatic rings. The number of carbonyl (C=O) groups excluding carboxylic acids is 2. The Bertz CT molecular complexity index is 1070. The number of hydrogen-bond acceptors (Lipinski definition) is 6. The Balaban J connectivity index is 1.38. The van der Waals surface area contributed by atoms with E-state index >= 15 is 0 Å². The van der Waals surface area contributed by atoms with Crippen molar-refractivity contribution in [3.05, 3.63) is 66.0 Å². The van der Waals surface area contributed by atoms with Crippen LogP contribution in [-0.2, 0) is 4.79 Å². The van der Waals surface area contributed by atoms with Gasteiger partial charge >= 0.3 is 5.91 Å². The largest absolute Gasteiger partial charge is 0.485 e. The van der Waals surface area contributed by atoms with Crippen molar-refractivity contribution >= 4 is 11.8 Å². The van der Waals surface area contributed by atoms with Gasteiger partial charge in [0.1, 0.15) is 18.2 Å². The summed E-state index contributed by atoms with van der Waals surface area (Å²) in [6.07, 6.45) is -0.920. The number of hydrogen-bond donors (Lipinski definition) is 2. The molecule has 0 spiro atoms. The molecule has 10 heteroatoms. The quantitative estimate of drug-likeness (QED) is 0.646. The normalized spacial score (nSPS) is 14.9. The Morgan fingerprint density at radius 2 is 1.83 bits per heavy atom. The number of aryl methyl sites for hydroxylation is 1. The lowest BCUT2D eigenvalue weighted by Crippen LogP contribution is -2.51. The van der Waals surface area contributed by atoms with Crippen molar-refractivity contribution in [1.82, 2.24) is 25.6 Å². The molecule has 1 aliphatic heterocycles. The Labute approximate surface area is 164 Å². The lowest BCUT2D eigenvalue weighted by atomic mass is 10.2. The SMILES string of the molecule is Cc1nc(C(=O)NNC(=O)[C@@H]2COc3ccccc3O2)nn1-c1ccc(F)cc1. The number of benzene rings is 2. The van der Waals surface area contributed by atoms with Crippen molar-refractivity contribution in [3.63, 3.8) is 0 Å². The highest BCUT2D eigenvalue weighted by Gasteiger charge is 2.28. The van der Waals surface area contributed by atoms with Crippen molar-refractivity contribution in [2.45, 2.75) is 13.0 Å². The molecule has 0 fully saturated rings. The van der Waals surface area contributed by atoms with E-state index in [4.69, 9.17) is 9.47 Å². The van der Waals surface area contributed by atoms with Gasteiger partial charge < -0.3 is 9.47 Å². The van der Waals surface area contributed by atoms with Crippen molar-refractivity contribution in [2.24, 2.45) is 0 Å². The summed E-state index contributed by atoms with van der Waals surface area (Å²) < 4.78 is 25.5. The van der Waals surface area contributed by atoms with Gasteiger partial charge in [0.05, 0.1) is 5.69 Å². The van der Waals surface area contributed by atoms with Crippen LogP contribution in [0.2, 0.25) is 0 Å². The van der Waals surface area contributed by atoms with E-state index < -0.39 is 17.9 Å². The molecule has 0 saturated carbocycles. The van der Waals surface area contributed by atoms with E-state index in [1.165, 1.54) is 28.9 Å². The van der Waals surface area contributed by atoms with E-state index in [9.17, 15) is 14.0 Å². The lowest BCUT2D eigenvalue weighted by molar-refractivity contribution is -0.131. The molecule has 1 atom stereocenters. The average molecular weight is 397 g/mol. The number of carbonyl (C=O) groups is 2. The third-order valence-electron chi connectivity index (χ3n) is 4.14. The van der Waals surface area contributed by atoms with Crippen LogP contribution < -0.4 is 20.3 Å². The molecular formula is C19H16FN5O4. The van der Waals surface area contributed by atoms with Gasteiger partial charge in [-0.05, 0) is 43.3 Å². The third kappa shape index (κ3) is 3.86. The molecule has 2 aromatic carbocycles. The zero-order valence-corrected chi connectivity index (χ0v) is 15.3. The van der Waals surface area contributed by atoms with Crippen LogP contribution >= 0.6 is 0 Å². The fourth-order valence-corrected chi connectivity index (χ4v) is 2.72. The second-order valence-corrected chi connectivity index (χ2v) is 6.18. The first-order valence-electron chi connectivity index (χ1n) is 8.69. The van der Waals surface area contributed by atoms with Gasteiger partial charge in [0.15, 0.2) is 11.5 Å². The first kappa shape index (κ1) is 18.4. The molecule has 9 nitrogen and oxygen atoms in total. The van der Waals surface area contributed by atoms with Crippen LogP contribution in [0.3, 0.4) is 0 Å². The molecule has 0 saturated heterocycles. The maximum absolute atomic E-state index is 13.1. The number of amides is 2. The standard InChI is InChI=1S/C19H16FN5O4/c1-11-21-17(24-25(11)13-8-6-12(20)7-9-13)19(27)23-22-18(26)16-10-28-14-4-2-3-5-15(14)29-16/h2-9,16H,10H2,1H3,(H,22,26)(H,23,27)/t16-/m0/s1. The molecule has 0 aliphatic carbocycles. The van der Waals surface area contributed by atoms with E-state index in [1.54, 1.807) is 31.2 Å². The molecule has 29 heavy (non-hydrogen) atoms. The molecule has 0 radical (unpaired) electrons. The number of halogens is 1. The smallest absolute Gasteiger partial charge is 0.309 e. The number of nitrogens with one attached hydrogen (secondary N) is 2. The summed E-state index contributed by atoms with van der Waals surface area (Å²) in [7, 11) is 0. The Morgan fingerprint density at radius 3 is 2.59 bits per heavy atom. The fraction of sp³-hybridized carbons (Fsp3) is 0.158. The van der Waals surface area contributed by atoms with Gasteiger partial charge in [0.2, 0.25) is 11.9 Å². The number of nitrogens with zero attached hydrogens (tertiary/aromatic N) is 3. The average Bonchev–Trinajstić information content (AvgIpc) is 3.13. The predicted octanol–water partition coefficient (Wildman–Crippen LogP) is 1.32. The molecule has 3 aromatic rings. The van der Waals surface area contributed by atoms with Crippen molar-refractivity contribution in [1.29, 1.82) is 0 Å². The van der Waals surface area contributed by atoms with Gasteiger partial charge in [-0.15, -0.1) is 5.10 Å². The summed E-state index contributed by atoms with van der Waals surface area (Å²) in [6.45, 7) is 1.66. The Morgan fingerprint density at radius 1 is 1.10 bits per heavy atom. The minimum absolute atomic E-state index is 0.00920.